The van der Waals surface area contributed by atoms with E-state index in [1.165, 1.54) is 19.3 Å². The minimum absolute atomic E-state index is 0.610. The summed E-state index contributed by atoms with van der Waals surface area (Å²) in [4.78, 5) is 1.10. The van der Waals surface area contributed by atoms with Crippen molar-refractivity contribution in [2.45, 2.75) is 29.4 Å². The fraction of sp³-hybridized carbons (Fsp3) is 0.500. The van der Waals surface area contributed by atoms with Crippen LogP contribution in [0.25, 0.3) is 0 Å². The summed E-state index contributed by atoms with van der Waals surface area (Å²) < 4.78 is 0. The van der Waals surface area contributed by atoms with Gasteiger partial charge in [0.05, 0.1) is 5.02 Å². The van der Waals surface area contributed by atoms with Gasteiger partial charge in [0, 0.05) is 21.7 Å². The third-order valence-corrected chi connectivity index (χ3v) is 4.69. The molecule has 1 aromatic rings. The summed E-state index contributed by atoms with van der Waals surface area (Å²) in [5.41, 5.74) is 0. The van der Waals surface area contributed by atoms with E-state index in [0.717, 1.165) is 28.0 Å². The van der Waals surface area contributed by atoms with Gasteiger partial charge in [0.25, 0.3) is 0 Å². The Balaban J connectivity index is 2.04. The highest BCUT2D eigenvalue weighted by Gasteiger charge is 2.14. The van der Waals surface area contributed by atoms with Gasteiger partial charge < -0.3 is 5.32 Å². The van der Waals surface area contributed by atoms with E-state index >= 15 is 0 Å². The van der Waals surface area contributed by atoms with Crippen LogP contribution >= 0.6 is 35.0 Å². The molecule has 0 spiro atoms. The van der Waals surface area contributed by atoms with Crippen molar-refractivity contribution < 1.29 is 0 Å². The van der Waals surface area contributed by atoms with Crippen molar-refractivity contribution in [1.29, 1.82) is 0 Å². The molecule has 1 unspecified atom stereocenters. The van der Waals surface area contributed by atoms with Crippen LogP contribution in [0.15, 0.2) is 23.1 Å². The molecule has 0 radical (unpaired) electrons. The summed E-state index contributed by atoms with van der Waals surface area (Å²) in [6.07, 6.45) is 3.82. The molecule has 1 atom stereocenters. The molecule has 16 heavy (non-hydrogen) atoms. The van der Waals surface area contributed by atoms with Gasteiger partial charge in [-0.2, -0.15) is 0 Å². The van der Waals surface area contributed by atoms with E-state index in [9.17, 15) is 0 Å². The molecule has 1 aromatic carbocycles. The second kappa shape index (κ2) is 6.15. The van der Waals surface area contributed by atoms with Gasteiger partial charge in [-0.1, -0.05) is 29.6 Å². The van der Waals surface area contributed by atoms with Crippen LogP contribution in [0.1, 0.15) is 19.3 Å². The first-order valence-electron chi connectivity index (χ1n) is 5.58. The molecule has 0 bridgehead atoms. The van der Waals surface area contributed by atoms with Crippen molar-refractivity contribution in [3.63, 3.8) is 0 Å². The first-order valence-corrected chi connectivity index (χ1v) is 7.22. The molecule has 0 aliphatic carbocycles. The van der Waals surface area contributed by atoms with Crippen molar-refractivity contribution in [2.24, 2.45) is 0 Å². The summed E-state index contributed by atoms with van der Waals surface area (Å²) in [5.74, 6) is 0. The van der Waals surface area contributed by atoms with Crippen LogP contribution < -0.4 is 5.32 Å². The van der Waals surface area contributed by atoms with Crippen molar-refractivity contribution in [1.82, 2.24) is 5.32 Å². The van der Waals surface area contributed by atoms with Crippen molar-refractivity contribution >= 4 is 35.0 Å². The zero-order valence-electron chi connectivity index (χ0n) is 9.01. The van der Waals surface area contributed by atoms with Gasteiger partial charge in [-0.25, -0.2) is 0 Å². The van der Waals surface area contributed by atoms with Gasteiger partial charge in [0.15, 0.2) is 0 Å². The summed E-state index contributed by atoms with van der Waals surface area (Å²) in [6.45, 7) is 2.20. The Labute approximate surface area is 111 Å². The molecule has 1 heterocycles. The molecule has 88 valence electrons. The van der Waals surface area contributed by atoms with Crippen molar-refractivity contribution in [3.8, 4) is 0 Å². The van der Waals surface area contributed by atoms with Crippen LogP contribution in [0.4, 0.5) is 0 Å². The maximum atomic E-state index is 6.16. The lowest BCUT2D eigenvalue weighted by molar-refractivity contribution is 0.706. The average molecular weight is 276 g/mol. The summed E-state index contributed by atoms with van der Waals surface area (Å²) in [7, 11) is 0. The van der Waals surface area contributed by atoms with E-state index < -0.39 is 0 Å². The largest absolute Gasteiger partial charge is 0.316 e. The first-order chi connectivity index (χ1) is 7.75. The molecule has 1 nitrogen and oxygen atoms in total. The number of rotatable bonds is 2. The van der Waals surface area contributed by atoms with Gasteiger partial charge in [0.2, 0.25) is 0 Å². The van der Waals surface area contributed by atoms with Crippen LogP contribution in [0.5, 0.6) is 0 Å². The maximum absolute atomic E-state index is 6.16. The second-order valence-corrected chi connectivity index (χ2v) is 6.20. The molecule has 1 N–H and O–H groups in total. The van der Waals surface area contributed by atoms with E-state index in [1.54, 1.807) is 0 Å². The van der Waals surface area contributed by atoms with Crippen LogP contribution in [0.2, 0.25) is 10.0 Å². The molecular weight excluding hydrogens is 261 g/mol. The van der Waals surface area contributed by atoms with Gasteiger partial charge >= 0.3 is 0 Å². The van der Waals surface area contributed by atoms with Crippen LogP contribution in [-0.4, -0.2) is 18.3 Å². The predicted molar refractivity (Wildman–Crippen MR) is 72.8 cm³/mol. The number of halogens is 2. The quantitative estimate of drug-likeness (QED) is 0.867. The SMILES string of the molecule is Clc1ccc(Cl)c(SC2CCCCNC2)c1. The van der Waals surface area contributed by atoms with E-state index in [4.69, 9.17) is 23.2 Å². The fourth-order valence-corrected chi connectivity index (χ4v) is 3.54. The molecule has 1 saturated heterocycles. The third kappa shape index (κ3) is 3.56. The fourth-order valence-electron chi connectivity index (χ4n) is 1.83. The minimum Gasteiger partial charge on any atom is -0.316 e. The second-order valence-electron chi connectivity index (χ2n) is 4.01. The third-order valence-electron chi connectivity index (χ3n) is 2.69. The topological polar surface area (TPSA) is 12.0 Å². The summed E-state index contributed by atoms with van der Waals surface area (Å²) in [5, 5.41) is 5.63. The van der Waals surface area contributed by atoms with Crippen LogP contribution in [-0.2, 0) is 0 Å². The van der Waals surface area contributed by atoms with E-state index in [-0.39, 0.29) is 0 Å². The Morgan fingerprint density at radius 2 is 2.12 bits per heavy atom. The normalized spacial score (nSPS) is 21.8. The Bertz CT molecular complexity index is 349. The molecule has 0 saturated carbocycles. The highest BCUT2D eigenvalue weighted by Crippen LogP contribution is 2.34. The highest BCUT2D eigenvalue weighted by molar-refractivity contribution is 8.00. The molecule has 0 amide bonds. The number of benzene rings is 1. The average Bonchev–Trinajstić information content (AvgIpc) is 2.52. The number of thioether (sulfide) groups is 1. The minimum atomic E-state index is 0.610. The van der Waals surface area contributed by atoms with Crippen LogP contribution in [0, 0.1) is 0 Å². The first kappa shape index (κ1) is 12.6. The molecule has 1 aliphatic rings. The summed E-state index contributed by atoms with van der Waals surface area (Å²) >= 11 is 14.0. The summed E-state index contributed by atoms with van der Waals surface area (Å²) in [6, 6.07) is 5.66. The van der Waals surface area contributed by atoms with Crippen molar-refractivity contribution in [2.75, 3.05) is 13.1 Å². The molecule has 0 aromatic heterocycles. The zero-order chi connectivity index (χ0) is 11.4. The predicted octanol–water partition coefficient (Wildman–Crippen LogP) is 4.23. The number of nitrogens with one attached hydrogen (secondary N) is 1. The molecule has 2 rings (SSSR count). The molecular formula is C12H15Cl2NS. The lowest BCUT2D eigenvalue weighted by Gasteiger charge is -2.14. The monoisotopic (exact) mass is 275 g/mol. The standard InChI is InChI=1S/C12H15Cl2NS/c13-9-4-5-11(14)12(7-9)16-10-3-1-2-6-15-8-10/h4-5,7,10,15H,1-3,6,8H2. The van der Waals surface area contributed by atoms with Gasteiger partial charge in [-0.15, -0.1) is 11.8 Å². The smallest absolute Gasteiger partial charge is 0.0543 e. The van der Waals surface area contributed by atoms with Gasteiger partial charge in [-0.05, 0) is 37.6 Å². The Hall–Kier alpha value is 0.110. The van der Waals surface area contributed by atoms with Crippen molar-refractivity contribution in [3.05, 3.63) is 28.2 Å². The van der Waals surface area contributed by atoms with E-state index in [2.05, 4.69) is 5.32 Å². The lowest BCUT2D eigenvalue weighted by Crippen LogP contribution is -2.22. The Kier molecular flexibility index (Phi) is 4.83. The lowest BCUT2D eigenvalue weighted by atomic mass is 10.2. The maximum Gasteiger partial charge on any atom is 0.0543 e. The van der Waals surface area contributed by atoms with E-state index in [1.807, 2.05) is 30.0 Å². The Morgan fingerprint density at radius 1 is 1.25 bits per heavy atom. The van der Waals surface area contributed by atoms with E-state index in [0.29, 0.717) is 5.25 Å². The number of hydrogen-bond acceptors (Lipinski definition) is 2. The number of hydrogen-bond donors (Lipinski definition) is 1. The zero-order valence-corrected chi connectivity index (χ0v) is 11.3. The molecule has 1 fully saturated rings. The molecule has 4 heteroatoms. The van der Waals surface area contributed by atoms with Gasteiger partial charge in [-0.3, -0.25) is 0 Å². The Morgan fingerprint density at radius 3 is 3.00 bits per heavy atom. The van der Waals surface area contributed by atoms with Crippen LogP contribution in [0.3, 0.4) is 0 Å². The van der Waals surface area contributed by atoms with Gasteiger partial charge in [0.1, 0.15) is 0 Å². The molecule has 1 aliphatic heterocycles. The highest BCUT2D eigenvalue weighted by atomic mass is 35.5.